The number of carbonyl (C=O) groups excluding carboxylic acids is 1. The maximum atomic E-state index is 13.1. The van der Waals surface area contributed by atoms with Crippen molar-refractivity contribution in [3.05, 3.63) is 77.4 Å². The fraction of sp³-hybridized carbons (Fsp3) is 0.333. The predicted octanol–water partition coefficient (Wildman–Crippen LogP) is 2.14. The van der Waals surface area contributed by atoms with Crippen LogP contribution in [0.3, 0.4) is 0 Å². The Morgan fingerprint density at radius 1 is 1.00 bits per heavy atom. The number of nitrogens with zero attached hydrogens (tertiary/aromatic N) is 4. The lowest BCUT2D eigenvalue weighted by molar-refractivity contribution is 0.0841. The second kappa shape index (κ2) is 9.56. The first-order valence-corrected chi connectivity index (χ1v) is 12.5. The lowest BCUT2D eigenvalue weighted by atomic mass is 10.1. The van der Waals surface area contributed by atoms with Crippen molar-refractivity contribution in [1.29, 1.82) is 0 Å². The molecule has 0 bridgehead atoms. The van der Waals surface area contributed by atoms with E-state index in [9.17, 15) is 13.2 Å². The van der Waals surface area contributed by atoms with Crippen LogP contribution in [-0.2, 0) is 16.6 Å². The molecule has 0 unspecified atom stereocenters. The number of piperazine rings is 1. The summed E-state index contributed by atoms with van der Waals surface area (Å²) in [5.41, 5.74) is 4.30. The van der Waals surface area contributed by atoms with E-state index in [4.69, 9.17) is 5.14 Å². The molecule has 3 heterocycles. The number of sulfonamides is 1. The molecule has 3 aromatic rings. The van der Waals surface area contributed by atoms with Crippen molar-refractivity contribution >= 4 is 15.8 Å². The number of Topliss-reactive ketones (excluding diaryl/α,β-unsaturated/α-hetero) is 1. The Labute approximate surface area is 194 Å². The van der Waals surface area contributed by atoms with E-state index >= 15 is 0 Å². The molecule has 2 N–H and O–H groups in total. The fourth-order valence-corrected chi connectivity index (χ4v) is 4.86. The zero-order valence-corrected chi connectivity index (χ0v) is 19.8. The second-order valence-electron chi connectivity index (χ2n) is 8.46. The molecule has 8 nitrogen and oxygen atoms in total. The Morgan fingerprint density at radius 3 is 2.27 bits per heavy atom. The van der Waals surface area contributed by atoms with E-state index in [1.807, 2.05) is 48.9 Å². The molecular formula is C24H29N5O3S. The summed E-state index contributed by atoms with van der Waals surface area (Å²) >= 11 is 0. The Morgan fingerprint density at radius 2 is 1.67 bits per heavy atom. The lowest BCUT2D eigenvalue weighted by Crippen LogP contribution is -2.47. The summed E-state index contributed by atoms with van der Waals surface area (Å²) < 4.78 is 25.0. The number of nitrogens with two attached hydrogens (primary N) is 1. The highest BCUT2D eigenvalue weighted by molar-refractivity contribution is 7.89. The van der Waals surface area contributed by atoms with Crippen molar-refractivity contribution in [3.63, 3.8) is 0 Å². The van der Waals surface area contributed by atoms with E-state index < -0.39 is 10.0 Å². The normalized spacial score (nSPS) is 15.6. The average Bonchev–Trinajstić information content (AvgIpc) is 3.09. The molecule has 0 atom stereocenters. The van der Waals surface area contributed by atoms with Crippen LogP contribution < -0.4 is 5.14 Å². The molecule has 0 amide bonds. The van der Waals surface area contributed by atoms with Crippen molar-refractivity contribution in [2.24, 2.45) is 5.14 Å². The van der Waals surface area contributed by atoms with Crippen LogP contribution in [0.5, 0.6) is 0 Å². The molecule has 1 aliphatic heterocycles. The van der Waals surface area contributed by atoms with E-state index in [-0.39, 0.29) is 10.7 Å². The Kier molecular flexibility index (Phi) is 6.76. The second-order valence-corrected chi connectivity index (χ2v) is 10.0. The SMILES string of the molecule is Cc1cc(C(=O)CN2CCN(Cc3ccccn3)CC2)c(C)n1-c1ccc(S(N)(=O)=O)cc1. The first-order valence-electron chi connectivity index (χ1n) is 10.9. The van der Waals surface area contributed by atoms with E-state index in [1.165, 1.54) is 12.1 Å². The van der Waals surface area contributed by atoms with Gasteiger partial charge in [0.1, 0.15) is 0 Å². The van der Waals surface area contributed by atoms with Gasteiger partial charge in [-0.15, -0.1) is 0 Å². The number of pyridine rings is 1. The molecular weight excluding hydrogens is 438 g/mol. The van der Waals surface area contributed by atoms with Gasteiger partial charge in [-0.2, -0.15) is 0 Å². The number of aromatic nitrogens is 2. The molecule has 1 saturated heterocycles. The zero-order chi connectivity index (χ0) is 23.6. The van der Waals surface area contributed by atoms with Crippen molar-refractivity contribution in [2.45, 2.75) is 25.3 Å². The lowest BCUT2D eigenvalue weighted by Gasteiger charge is -2.34. The zero-order valence-electron chi connectivity index (χ0n) is 18.9. The topological polar surface area (TPSA) is 102 Å². The molecule has 0 spiro atoms. The van der Waals surface area contributed by atoms with Gasteiger partial charge in [0, 0.05) is 61.6 Å². The van der Waals surface area contributed by atoms with Crippen LogP contribution in [0.4, 0.5) is 0 Å². The van der Waals surface area contributed by atoms with Gasteiger partial charge in [-0.3, -0.25) is 19.6 Å². The molecule has 4 rings (SSSR count). The first-order chi connectivity index (χ1) is 15.7. The highest BCUT2D eigenvalue weighted by atomic mass is 32.2. The summed E-state index contributed by atoms with van der Waals surface area (Å²) in [5.74, 6) is 0.0914. The van der Waals surface area contributed by atoms with Crippen LogP contribution >= 0.6 is 0 Å². The molecule has 33 heavy (non-hydrogen) atoms. The van der Waals surface area contributed by atoms with Gasteiger partial charge < -0.3 is 4.57 Å². The average molecular weight is 468 g/mol. The third kappa shape index (κ3) is 5.39. The van der Waals surface area contributed by atoms with Gasteiger partial charge in [-0.25, -0.2) is 13.6 Å². The van der Waals surface area contributed by atoms with Crippen LogP contribution in [-0.4, -0.2) is 66.3 Å². The van der Waals surface area contributed by atoms with Crippen LogP contribution in [0, 0.1) is 13.8 Å². The number of primary sulfonamides is 1. The minimum absolute atomic E-state index is 0.0622. The number of carbonyl (C=O) groups is 1. The predicted molar refractivity (Wildman–Crippen MR) is 127 cm³/mol. The number of ketones is 1. The summed E-state index contributed by atoms with van der Waals surface area (Å²) in [6.07, 6.45) is 1.81. The smallest absolute Gasteiger partial charge is 0.238 e. The third-order valence-corrected chi connectivity index (χ3v) is 7.03. The van der Waals surface area contributed by atoms with Crippen LogP contribution in [0.1, 0.15) is 27.4 Å². The standard InChI is InChI=1S/C24H29N5O3S/c1-18-15-23(19(2)29(18)21-6-8-22(9-7-21)33(25,31)32)24(30)17-28-13-11-27(12-14-28)16-20-5-3-4-10-26-20/h3-10,15H,11-14,16-17H2,1-2H3,(H2,25,31,32). The summed E-state index contributed by atoms with van der Waals surface area (Å²) in [5, 5.41) is 5.20. The number of benzene rings is 1. The number of hydrogen-bond acceptors (Lipinski definition) is 6. The van der Waals surface area contributed by atoms with E-state index in [1.54, 1.807) is 12.1 Å². The maximum absolute atomic E-state index is 13.1. The van der Waals surface area contributed by atoms with Gasteiger partial charge in [-0.1, -0.05) is 6.07 Å². The molecule has 0 saturated carbocycles. The number of rotatable bonds is 7. The van der Waals surface area contributed by atoms with Crippen molar-refractivity contribution in [1.82, 2.24) is 19.4 Å². The molecule has 0 radical (unpaired) electrons. The van der Waals surface area contributed by atoms with Gasteiger partial charge >= 0.3 is 0 Å². The molecule has 2 aromatic heterocycles. The summed E-state index contributed by atoms with van der Waals surface area (Å²) in [6.45, 7) is 8.55. The maximum Gasteiger partial charge on any atom is 0.238 e. The van der Waals surface area contributed by atoms with Gasteiger partial charge in [0.2, 0.25) is 10.0 Å². The van der Waals surface area contributed by atoms with Gasteiger partial charge in [0.05, 0.1) is 17.1 Å². The summed E-state index contributed by atoms with van der Waals surface area (Å²) in [7, 11) is -3.74. The van der Waals surface area contributed by atoms with E-state index in [0.717, 1.165) is 55.5 Å². The summed E-state index contributed by atoms with van der Waals surface area (Å²) in [4.78, 5) is 22.1. The van der Waals surface area contributed by atoms with Crippen molar-refractivity contribution in [3.8, 4) is 5.69 Å². The molecule has 9 heteroatoms. The Balaban J connectivity index is 1.40. The highest BCUT2D eigenvalue weighted by Gasteiger charge is 2.23. The van der Waals surface area contributed by atoms with Crippen LogP contribution in [0.15, 0.2) is 59.6 Å². The minimum atomic E-state index is -3.74. The number of hydrogen-bond donors (Lipinski definition) is 1. The highest BCUT2D eigenvalue weighted by Crippen LogP contribution is 2.23. The Bertz CT molecular complexity index is 1230. The van der Waals surface area contributed by atoms with E-state index in [2.05, 4.69) is 14.8 Å². The molecule has 1 aliphatic rings. The first kappa shape index (κ1) is 23.3. The van der Waals surface area contributed by atoms with Gasteiger partial charge in [0.25, 0.3) is 0 Å². The molecule has 0 aliphatic carbocycles. The van der Waals surface area contributed by atoms with Crippen molar-refractivity contribution < 1.29 is 13.2 Å². The van der Waals surface area contributed by atoms with Gasteiger partial charge in [0.15, 0.2) is 5.78 Å². The van der Waals surface area contributed by atoms with Crippen LogP contribution in [0.2, 0.25) is 0 Å². The van der Waals surface area contributed by atoms with Crippen molar-refractivity contribution in [2.75, 3.05) is 32.7 Å². The van der Waals surface area contributed by atoms with Gasteiger partial charge in [-0.05, 0) is 56.3 Å². The molecule has 1 aromatic carbocycles. The summed E-state index contributed by atoms with van der Waals surface area (Å²) in [6, 6.07) is 14.2. The third-order valence-electron chi connectivity index (χ3n) is 6.10. The number of aryl methyl sites for hydroxylation is 1. The molecule has 1 fully saturated rings. The minimum Gasteiger partial charge on any atom is -0.318 e. The quantitative estimate of drug-likeness (QED) is 0.534. The van der Waals surface area contributed by atoms with Crippen LogP contribution in [0.25, 0.3) is 5.69 Å². The Hall–Kier alpha value is -2.85. The van der Waals surface area contributed by atoms with E-state index in [0.29, 0.717) is 12.1 Å². The fourth-order valence-electron chi connectivity index (χ4n) is 4.34. The monoisotopic (exact) mass is 467 g/mol. The molecule has 174 valence electrons. The largest absolute Gasteiger partial charge is 0.318 e.